The first kappa shape index (κ1) is 13.5. The number of thiophene rings is 1. The number of carboxylic acid groups (broad SMARTS) is 1. The van der Waals surface area contributed by atoms with Crippen molar-refractivity contribution in [1.29, 1.82) is 0 Å². The van der Waals surface area contributed by atoms with Gasteiger partial charge in [0.2, 0.25) is 0 Å². The van der Waals surface area contributed by atoms with Gasteiger partial charge in [-0.2, -0.15) is 0 Å². The summed E-state index contributed by atoms with van der Waals surface area (Å²) in [6.07, 6.45) is 0. The quantitative estimate of drug-likeness (QED) is 0.911. The van der Waals surface area contributed by atoms with Gasteiger partial charge in [-0.05, 0) is 23.6 Å². The van der Waals surface area contributed by atoms with Gasteiger partial charge in [0.25, 0.3) is 5.91 Å². The highest BCUT2D eigenvalue weighted by atomic mass is 35.5. The largest absolute Gasteiger partial charge is 0.478 e. The van der Waals surface area contributed by atoms with Crippen molar-refractivity contribution in [2.75, 3.05) is 5.32 Å². The number of carbonyl (C=O) groups is 2. The van der Waals surface area contributed by atoms with E-state index in [1.54, 1.807) is 0 Å². The van der Waals surface area contributed by atoms with Crippen molar-refractivity contribution in [3.05, 3.63) is 51.6 Å². The molecule has 0 saturated carbocycles. The lowest BCUT2D eigenvalue weighted by Gasteiger charge is -2.06. The van der Waals surface area contributed by atoms with Crippen LogP contribution in [0, 0.1) is 5.82 Å². The van der Waals surface area contributed by atoms with Crippen LogP contribution in [0.15, 0.2) is 29.6 Å². The van der Waals surface area contributed by atoms with Gasteiger partial charge in [0.15, 0.2) is 0 Å². The van der Waals surface area contributed by atoms with Crippen LogP contribution in [0.25, 0.3) is 0 Å². The number of rotatable bonds is 3. The molecular weight excluding hydrogens is 293 g/mol. The van der Waals surface area contributed by atoms with E-state index in [4.69, 9.17) is 16.7 Å². The minimum atomic E-state index is -1.17. The summed E-state index contributed by atoms with van der Waals surface area (Å²) in [5.74, 6) is -2.72. The fraction of sp³-hybridized carbons (Fsp3) is 0. The molecule has 19 heavy (non-hydrogen) atoms. The molecule has 0 atom stereocenters. The fourth-order valence-electron chi connectivity index (χ4n) is 1.45. The maximum absolute atomic E-state index is 13.5. The molecule has 2 aromatic rings. The summed E-state index contributed by atoms with van der Waals surface area (Å²) in [6.45, 7) is 0. The maximum atomic E-state index is 13.5. The molecule has 4 nitrogen and oxygen atoms in total. The van der Waals surface area contributed by atoms with Crippen molar-refractivity contribution in [3.63, 3.8) is 0 Å². The first-order valence-electron chi connectivity index (χ1n) is 5.07. The molecule has 7 heteroatoms. The second-order valence-corrected chi connectivity index (χ2v) is 4.84. The van der Waals surface area contributed by atoms with Crippen molar-refractivity contribution in [2.45, 2.75) is 0 Å². The minimum Gasteiger partial charge on any atom is -0.478 e. The van der Waals surface area contributed by atoms with E-state index in [1.165, 1.54) is 23.6 Å². The monoisotopic (exact) mass is 299 g/mol. The van der Waals surface area contributed by atoms with Crippen molar-refractivity contribution >= 4 is 39.8 Å². The van der Waals surface area contributed by atoms with E-state index in [0.29, 0.717) is 0 Å². The van der Waals surface area contributed by atoms with Crippen LogP contribution in [0.2, 0.25) is 5.02 Å². The topological polar surface area (TPSA) is 66.4 Å². The zero-order chi connectivity index (χ0) is 14.0. The van der Waals surface area contributed by atoms with Gasteiger partial charge in [0.1, 0.15) is 10.8 Å². The van der Waals surface area contributed by atoms with Gasteiger partial charge in [0, 0.05) is 0 Å². The second-order valence-electron chi connectivity index (χ2n) is 3.52. The van der Waals surface area contributed by atoms with E-state index in [-0.39, 0.29) is 21.2 Å². The number of nitrogens with one attached hydrogen (secondary N) is 1. The third-order valence-electron chi connectivity index (χ3n) is 2.31. The van der Waals surface area contributed by atoms with Crippen LogP contribution in [0.4, 0.5) is 9.39 Å². The van der Waals surface area contributed by atoms with E-state index in [1.807, 2.05) is 0 Å². The second kappa shape index (κ2) is 5.38. The summed E-state index contributed by atoms with van der Waals surface area (Å²) in [6, 6.07) is 5.22. The molecular formula is C12H7ClFNO3S. The van der Waals surface area contributed by atoms with Crippen molar-refractivity contribution in [3.8, 4) is 0 Å². The van der Waals surface area contributed by atoms with Crippen molar-refractivity contribution in [1.82, 2.24) is 0 Å². The number of amides is 1. The highest BCUT2D eigenvalue weighted by Gasteiger charge is 2.19. The number of carbonyl (C=O) groups excluding carboxylic acids is 1. The molecule has 2 rings (SSSR count). The molecule has 0 aliphatic rings. The molecule has 1 amide bonds. The number of halogens is 2. The van der Waals surface area contributed by atoms with Crippen LogP contribution in [0.5, 0.6) is 0 Å². The van der Waals surface area contributed by atoms with Gasteiger partial charge in [-0.3, -0.25) is 4.79 Å². The Labute approximate surface area is 116 Å². The number of hydrogen-bond acceptors (Lipinski definition) is 3. The Morgan fingerprint density at radius 1 is 1.32 bits per heavy atom. The average Bonchev–Trinajstić information content (AvgIpc) is 2.76. The zero-order valence-electron chi connectivity index (χ0n) is 9.31. The molecule has 0 saturated heterocycles. The standard InChI is InChI=1S/C12H7ClFNO3S/c13-7-2-1-3-8(14)9(7)10(16)15-11-6(12(17)18)4-5-19-11/h1-5H,(H,15,16)(H,17,18). The highest BCUT2D eigenvalue weighted by molar-refractivity contribution is 7.14. The van der Waals surface area contributed by atoms with Gasteiger partial charge in [-0.15, -0.1) is 11.3 Å². The van der Waals surface area contributed by atoms with E-state index in [9.17, 15) is 14.0 Å². The van der Waals surface area contributed by atoms with Crippen molar-refractivity contribution in [2.24, 2.45) is 0 Å². The van der Waals surface area contributed by atoms with Crippen LogP contribution in [0.1, 0.15) is 20.7 Å². The molecule has 1 aromatic carbocycles. The minimum absolute atomic E-state index is 0.0362. The number of benzene rings is 1. The fourth-order valence-corrected chi connectivity index (χ4v) is 2.48. The van der Waals surface area contributed by atoms with Gasteiger partial charge in [-0.25, -0.2) is 9.18 Å². The Hall–Kier alpha value is -1.92. The van der Waals surface area contributed by atoms with Crippen LogP contribution < -0.4 is 5.32 Å². The first-order chi connectivity index (χ1) is 9.00. The number of carboxylic acids is 1. The molecule has 0 aliphatic heterocycles. The van der Waals surface area contributed by atoms with E-state index in [2.05, 4.69) is 5.32 Å². The molecule has 0 unspecified atom stereocenters. The van der Waals surface area contributed by atoms with E-state index >= 15 is 0 Å². The molecule has 98 valence electrons. The zero-order valence-corrected chi connectivity index (χ0v) is 10.9. The molecule has 0 spiro atoms. The smallest absolute Gasteiger partial charge is 0.338 e. The number of anilines is 1. The average molecular weight is 300 g/mol. The third-order valence-corrected chi connectivity index (χ3v) is 3.46. The lowest BCUT2D eigenvalue weighted by atomic mass is 10.2. The van der Waals surface area contributed by atoms with Crippen molar-refractivity contribution < 1.29 is 19.1 Å². The lowest BCUT2D eigenvalue weighted by Crippen LogP contribution is -2.15. The van der Waals surface area contributed by atoms with Crippen LogP contribution in [-0.2, 0) is 0 Å². The molecule has 0 bridgehead atoms. The summed E-state index contributed by atoms with van der Waals surface area (Å²) in [5.41, 5.74) is -0.361. The summed E-state index contributed by atoms with van der Waals surface area (Å²) in [7, 11) is 0. The number of hydrogen-bond donors (Lipinski definition) is 2. The van der Waals surface area contributed by atoms with Gasteiger partial charge >= 0.3 is 5.97 Å². The Balaban J connectivity index is 2.31. The summed E-state index contributed by atoms with van der Waals surface area (Å²) in [5, 5.41) is 12.9. The molecule has 0 fully saturated rings. The highest BCUT2D eigenvalue weighted by Crippen LogP contribution is 2.26. The Morgan fingerprint density at radius 3 is 2.68 bits per heavy atom. The van der Waals surface area contributed by atoms with Crippen LogP contribution in [0.3, 0.4) is 0 Å². The predicted octanol–water partition coefficient (Wildman–Crippen LogP) is 3.49. The molecule has 1 heterocycles. The molecule has 1 aromatic heterocycles. The SMILES string of the molecule is O=C(O)c1ccsc1NC(=O)c1c(F)cccc1Cl. The molecule has 0 radical (unpaired) electrons. The summed E-state index contributed by atoms with van der Waals surface area (Å²) < 4.78 is 13.5. The Morgan fingerprint density at radius 2 is 2.05 bits per heavy atom. The van der Waals surface area contributed by atoms with E-state index < -0.39 is 17.7 Å². The first-order valence-corrected chi connectivity index (χ1v) is 6.32. The summed E-state index contributed by atoms with van der Waals surface area (Å²) >= 11 is 6.79. The summed E-state index contributed by atoms with van der Waals surface area (Å²) in [4.78, 5) is 22.8. The van der Waals surface area contributed by atoms with Gasteiger partial charge in [0.05, 0.1) is 16.1 Å². The Bertz CT molecular complexity index is 636. The van der Waals surface area contributed by atoms with Crippen LogP contribution in [-0.4, -0.2) is 17.0 Å². The predicted molar refractivity (Wildman–Crippen MR) is 70.6 cm³/mol. The Kier molecular flexibility index (Phi) is 3.82. The maximum Gasteiger partial charge on any atom is 0.338 e. The number of aromatic carboxylic acids is 1. The van der Waals surface area contributed by atoms with Gasteiger partial charge < -0.3 is 10.4 Å². The van der Waals surface area contributed by atoms with Crippen LogP contribution >= 0.6 is 22.9 Å². The van der Waals surface area contributed by atoms with E-state index in [0.717, 1.165) is 17.4 Å². The lowest BCUT2D eigenvalue weighted by molar-refractivity contribution is 0.0698. The normalized spacial score (nSPS) is 10.2. The third kappa shape index (κ3) is 2.74. The van der Waals surface area contributed by atoms with Gasteiger partial charge in [-0.1, -0.05) is 17.7 Å². The molecule has 2 N–H and O–H groups in total. The molecule has 0 aliphatic carbocycles.